The lowest BCUT2D eigenvalue weighted by molar-refractivity contribution is 0.421. The molecule has 0 heterocycles. The first-order valence-electron chi connectivity index (χ1n) is 21.7. The van der Waals surface area contributed by atoms with Gasteiger partial charge in [-0.1, -0.05) is 155 Å². The van der Waals surface area contributed by atoms with Crippen molar-refractivity contribution in [3.8, 4) is 17.2 Å². The average molecular weight is 789 g/mol. The highest BCUT2D eigenvalue weighted by Crippen LogP contribution is 2.46. The van der Waals surface area contributed by atoms with Gasteiger partial charge in [0.1, 0.15) is 17.2 Å². The summed E-state index contributed by atoms with van der Waals surface area (Å²) in [4.78, 5) is 0. The molecule has 4 aromatic rings. The van der Waals surface area contributed by atoms with Crippen molar-refractivity contribution in [2.45, 2.75) is 204 Å². The number of benzene rings is 4. The monoisotopic (exact) mass is 789 g/mol. The molecule has 0 aliphatic carbocycles. The van der Waals surface area contributed by atoms with Gasteiger partial charge in [-0.05, 0) is 163 Å². The van der Waals surface area contributed by atoms with Gasteiger partial charge in [-0.15, -0.1) is 0 Å². The highest BCUT2D eigenvalue weighted by molar-refractivity contribution is 5.60. The molecule has 0 saturated carbocycles. The van der Waals surface area contributed by atoms with E-state index in [1.54, 1.807) is 0 Å². The largest absolute Gasteiger partial charge is 0.507 e. The van der Waals surface area contributed by atoms with Crippen LogP contribution in [0.4, 0.5) is 0 Å². The first-order valence-corrected chi connectivity index (χ1v) is 21.7. The van der Waals surface area contributed by atoms with Crippen LogP contribution in [0.1, 0.15) is 214 Å². The maximum Gasteiger partial charge on any atom is 0.123 e. The zero-order chi connectivity index (χ0) is 44.6. The third kappa shape index (κ3) is 9.50. The van der Waals surface area contributed by atoms with Gasteiger partial charge in [-0.2, -0.15) is 0 Å². The van der Waals surface area contributed by atoms with Gasteiger partial charge in [-0.3, -0.25) is 0 Å². The molecule has 0 fully saturated rings. The second kappa shape index (κ2) is 15.4. The molecule has 58 heavy (non-hydrogen) atoms. The van der Waals surface area contributed by atoms with Crippen LogP contribution in [0, 0.1) is 27.7 Å². The first kappa shape index (κ1) is 47.0. The van der Waals surface area contributed by atoms with Crippen molar-refractivity contribution >= 4 is 0 Å². The van der Waals surface area contributed by atoms with Crippen LogP contribution in [0.3, 0.4) is 0 Å². The minimum Gasteiger partial charge on any atom is -0.507 e. The van der Waals surface area contributed by atoms with Gasteiger partial charge in [0.2, 0.25) is 0 Å². The summed E-state index contributed by atoms with van der Waals surface area (Å²) < 4.78 is 0. The Morgan fingerprint density at radius 3 is 0.845 bits per heavy atom. The van der Waals surface area contributed by atoms with Gasteiger partial charge in [0.15, 0.2) is 0 Å². The van der Waals surface area contributed by atoms with Gasteiger partial charge < -0.3 is 15.3 Å². The molecule has 0 aromatic heterocycles. The third-order valence-corrected chi connectivity index (χ3v) is 12.6. The Morgan fingerprint density at radius 1 is 0.328 bits per heavy atom. The number of rotatable bonds is 6. The zero-order valence-electron chi connectivity index (χ0n) is 40.8. The summed E-state index contributed by atoms with van der Waals surface area (Å²) in [5.74, 6) is 1.24. The Morgan fingerprint density at radius 2 is 0.586 bits per heavy atom. The molecule has 0 aliphatic rings. The second-order valence-corrected chi connectivity index (χ2v) is 23.9. The Kier molecular flexibility index (Phi) is 12.5. The quantitative estimate of drug-likeness (QED) is 0.182. The van der Waals surface area contributed by atoms with Crippen molar-refractivity contribution in [2.24, 2.45) is 0 Å². The van der Waals surface area contributed by atoms with Crippen LogP contribution >= 0.6 is 0 Å². The highest BCUT2D eigenvalue weighted by Gasteiger charge is 2.32. The molecule has 4 rings (SSSR count). The molecule has 0 spiro atoms. The van der Waals surface area contributed by atoms with Crippen LogP contribution in [-0.4, -0.2) is 15.3 Å². The molecule has 0 saturated heterocycles. The Balaban J connectivity index is 2.13. The lowest BCUT2D eigenvalue weighted by Crippen LogP contribution is -2.20. The Bertz CT molecular complexity index is 2020. The summed E-state index contributed by atoms with van der Waals surface area (Å²) in [6.45, 7) is 48.5. The molecule has 0 bridgehead atoms. The normalized spacial score (nSPS) is 13.4. The maximum atomic E-state index is 11.8. The highest BCUT2D eigenvalue weighted by atomic mass is 16.3. The van der Waals surface area contributed by atoms with Gasteiger partial charge in [0, 0.05) is 5.56 Å². The topological polar surface area (TPSA) is 60.7 Å². The van der Waals surface area contributed by atoms with E-state index < -0.39 is 0 Å². The van der Waals surface area contributed by atoms with E-state index in [1.807, 2.05) is 0 Å². The van der Waals surface area contributed by atoms with Gasteiger partial charge in [0.05, 0.1) is 0 Å². The minimum atomic E-state index is -0.235. The number of hydrogen-bond acceptors (Lipinski definition) is 3. The van der Waals surface area contributed by atoms with Crippen molar-refractivity contribution in [2.75, 3.05) is 0 Å². The summed E-state index contributed by atoms with van der Waals surface area (Å²) in [7, 11) is 0. The van der Waals surface area contributed by atoms with Crippen molar-refractivity contribution in [1.29, 1.82) is 0 Å². The van der Waals surface area contributed by atoms with E-state index in [-0.39, 0.29) is 32.5 Å². The van der Waals surface area contributed by atoms with Crippen molar-refractivity contribution in [3.05, 3.63) is 119 Å². The zero-order valence-corrected chi connectivity index (χ0v) is 40.8. The number of hydrogen-bond donors (Lipinski definition) is 3. The molecule has 3 heteroatoms. The fourth-order valence-corrected chi connectivity index (χ4v) is 9.16. The summed E-state index contributed by atoms with van der Waals surface area (Å²) in [5, 5.41) is 35.1. The summed E-state index contributed by atoms with van der Waals surface area (Å²) in [5.41, 5.74) is 17.3. The molecule has 0 amide bonds. The van der Waals surface area contributed by atoms with E-state index in [4.69, 9.17) is 0 Å². The fraction of sp³-hybridized carbons (Fsp3) is 0.564. The molecule has 318 valence electrons. The van der Waals surface area contributed by atoms with E-state index in [9.17, 15) is 15.3 Å². The van der Waals surface area contributed by atoms with Crippen LogP contribution in [0.2, 0.25) is 0 Å². The van der Waals surface area contributed by atoms with Crippen molar-refractivity contribution in [1.82, 2.24) is 0 Å². The third-order valence-electron chi connectivity index (χ3n) is 12.6. The van der Waals surface area contributed by atoms with E-state index >= 15 is 0 Å². The van der Waals surface area contributed by atoms with Gasteiger partial charge >= 0.3 is 0 Å². The van der Waals surface area contributed by atoms with Gasteiger partial charge in [0.25, 0.3) is 0 Å². The van der Waals surface area contributed by atoms with Crippen LogP contribution in [0.15, 0.2) is 30.3 Å². The Hall–Kier alpha value is -3.72. The predicted octanol–water partition coefficient (Wildman–Crippen LogP) is 14.6. The summed E-state index contributed by atoms with van der Waals surface area (Å²) in [6, 6.07) is 11.2. The second-order valence-electron chi connectivity index (χ2n) is 23.9. The summed E-state index contributed by atoms with van der Waals surface area (Å²) >= 11 is 0. The number of aromatic hydroxyl groups is 3. The van der Waals surface area contributed by atoms with E-state index in [1.165, 1.54) is 50.1 Å². The molecule has 0 unspecified atom stereocenters. The standard InChI is InChI=1S/C55H80O3/c1-31-37(30-45(54(17,18)19)49(58)46(31)55(20,21)22)29-40-33(3)38(23-35-25-41(50(5,6)7)47(56)42(26-35)51(8,9)10)32(2)39(34(40)4)24-36-27-43(52(11,12)13)48(57)44(28-36)53(14,15)16/h25-28,30,56-58H,23-24,29H2,1-22H3. The van der Waals surface area contributed by atoms with Crippen LogP contribution in [0.25, 0.3) is 0 Å². The van der Waals surface area contributed by atoms with Crippen LogP contribution in [0.5, 0.6) is 17.2 Å². The van der Waals surface area contributed by atoms with E-state index in [0.29, 0.717) is 17.2 Å². The van der Waals surface area contributed by atoms with Crippen molar-refractivity contribution < 1.29 is 15.3 Å². The van der Waals surface area contributed by atoms with Crippen molar-refractivity contribution in [3.63, 3.8) is 0 Å². The molecular weight excluding hydrogens is 709 g/mol. The minimum absolute atomic E-state index is 0.228. The van der Waals surface area contributed by atoms with E-state index in [0.717, 1.165) is 58.2 Å². The Labute approximate surface area is 354 Å². The van der Waals surface area contributed by atoms with E-state index in [2.05, 4.69) is 183 Å². The average Bonchev–Trinajstić information content (AvgIpc) is 3.02. The molecule has 4 aromatic carbocycles. The molecule has 0 atom stereocenters. The molecular formula is C55H80O3. The molecule has 0 radical (unpaired) electrons. The van der Waals surface area contributed by atoms with Gasteiger partial charge in [-0.25, -0.2) is 0 Å². The lowest BCUT2D eigenvalue weighted by atomic mass is 9.74. The molecule has 3 N–H and O–H groups in total. The molecule has 3 nitrogen and oxygen atoms in total. The summed E-state index contributed by atoms with van der Waals surface area (Å²) in [6.07, 6.45) is 2.24. The fourth-order valence-electron chi connectivity index (χ4n) is 9.16. The van der Waals surface area contributed by atoms with Crippen LogP contribution in [-0.2, 0) is 51.8 Å². The van der Waals surface area contributed by atoms with Crippen LogP contribution < -0.4 is 0 Å². The molecule has 0 aliphatic heterocycles. The number of phenolic OH excluding ortho intramolecular Hbond substituents is 3. The smallest absolute Gasteiger partial charge is 0.123 e. The SMILES string of the molecule is Cc1c(Cc2cc(C(C)(C)C)c(O)c(C(C)(C)C)c2)c(C)c(Cc2cc(C(C)(C)C)c(O)c(C(C)(C)C)c2C)c(C)c1Cc1cc(C(C)(C)C)c(O)c(C(C)(C)C)c1. The first-order chi connectivity index (χ1) is 26.0. The lowest BCUT2D eigenvalue weighted by Gasteiger charge is -2.31. The number of phenols is 3. The maximum absolute atomic E-state index is 11.8. The predicted molar refractivity (Wildman–Crippen MR) is 250 cm³/mol.